The lowest BCUT2D eigenvalue weighted by molar-refractivity contribution is -0.116. The van der Waals surface area contributed by atoms with Crippen molar-refractivity contribution < 1.29 is 4.79 Å². The Labute approximate surface area is 177 Å². The molecule has 0 saturated heterocycles. The highest BCUT2D eigenvalue weighted by Crippen LogP contribution is 2.27. The Bertz CT molecular complexity index is 1290. The summed E-state index contributed by atoms with van der Waals surface area (Å²) in [4.78, 5) is 34.6. The Morgan fingerprint density at radius 1 is 1.17 bits per heavy atom. The maximum absolute atomic E-state index is 13.2. The number of pyridine rings is 1. The number of nitrogens with zero attached hydrogens (tertiary/aromatic N) is 4. The largest absolute Gasteiger partial charge is 0.324 e. The van der Waals surface area contributed by atoms with E-state index in [0.717, 1.165) is 33.9 Å². The molecule has 4 aromatic rings. The number of carbonyl (C=O) groups excluding carboxylic acids is 1. The van der Waals surface area contributed by atoms with E-state index in [1.54, 1.807) is 12.4 Å². The summed E-state index contributed by atoms with van der Waals surface area (Å²) in [7, 11) is 0. The van der Waals surface area contributed by atoms with Crippen molar-refractivity contribution in [1.29, 1.82) is 0 Å². The summed E-state index contributed by atoms with van der Waals surface area (Å²) in [5.41, 5.74) is 4.69. The van der Waals surface area contributed by atoms with Gasteiger partial charge in [0.2, 0.25) is 5.91 Å². The number of hydrogen-bond donors (Lipinski definition) is 1. The van der Waals surface area contributed by atoms with Crippen molar-refractivity contribution >= 4 is 33.3 Å². The first-order valence-electron chi connectivity index (χ1n) is 9.65. The number of benzene rings is 1. The summed E-state index contributed by atoms with van der Waals surface area (Å²) in [5.74, 6) is 0.291. The first-order chi connectivity index (χ1) is 14.5. The molecule has 152 valence electrons. The molecule has 1 aromatic carbocycles. The van der Waals surface area contributed by atoms with Crippen LogP contribution in [0.4, 0.5) is 5.69 Å². The number of amides is 1. The smallest absolute Gasteiger partial charge is 0.273 e. The van der Waals surface area contributed by atoms with Crippen LogP contribution in [-0.2, 0) is 17.8 Å². The van der Waals surface area contributed by atoms with Gasteiger partial charge in [0.15, 0.2) is 0 Å². The van der Waals surface area contributed by atoms with Crippen LogP contribution in [0.3, 0.4) is 0 Å². The molecule has 0 saturated carbocycles. The minimum atomic E-state index is -0.263. The van der Waals surface area contributed by atoms with E-state index in [4.69, 9.17) is 4.98 Å². The van der Waals surface area contributed by atoms with Gasteiger partial charge in [-0.1, -0.05) is 19.1 Å². The number of nitrogens with one attached hydrogen (secondary N) is 1. The molecule has 0 aliphatic heterocycles. The Balaban J connectivity index is 1.71. The third-order valence-electron chi connectivity index (χ3n) is 5.11. The first-order valence-corrected chi connectivity index (χ1v) is 10.4. The molecule has 4 rings (SSSR count). The molecule has 3 heterocycles. The fourth-order valence-corrected chi connectivity index (χ4v) is 4.10. The summed E-state index contributed by atoms with van der Waals surface area (Å²) in [5, 5.41) is 2.91. The fraction of sp³-hybridized carbons (Fsp3) is 0.227. The van der Waals surface area contributed by atoms with E-state index in [1.807, 2.05) is 51.1 Å². The molecule has 3 aromatic heterocycles. The second-order valence-electron chi connectivity index (χ2n) is 7.01. The lowest BCUT2D eigenvalue weighted by Gasteiger charge is -2.13. The van der Waals surface area contributed by atoms with E-state index in [-0.39, 0.29) is 18.0 Å². The zero-order chi connectivity index (χ0) is 21.3. The molecule has 0 unspecified atom stereocenters. The molecule has 30 heavy (non-hydrogen) atoms. The zero-order valence-corrected chi connectivity index (χ0v) is 17.8. The molecule has 0 bridgehead atoms. The van der Waals surface area contributed by atoms with E-state index in [9.17, 15) is 9.59 Å². The quantitative estimate of drug-likeness (QED) is 0.532. The van der Waals surface area contributed by atoms with Crippen LogP contribution in [0.25, 0.3) is 21.5 Å². The molecule has 8 heteroatoms. The van der Waals surface area contributed by atoms with Gasteiger partial charge in [-0.05, 0) is 54.7 Å². The molecular weight excluding hydrogens is 398 g/mol. The van der Waals surface area contributed by atoms with Gasteiger partial charge in [0.05, 0.1) is 0 Å². The number of fused-ring (bicyclic) bond motifs is 1. The molecule has 0 radical (unpaired) electrons. The Kier molecular flexibility index (Phi) is 5.41. The number of carbonyl (C=O) groups is 1. The standard InChI is InChI=1S/C22H21N5O2S/c1-4-17-25-20-19(15-8-10-23-11-9-15)26-30-21(20)22(29)27(17)12-18(28)24-16-7-5-6-13(2)14(16)3/h5-11H,4,12H2,1-3H3,(H,24,28). The van der Waals surface area contributed by atoms with Gasteiger partial charge in [-0.25, -0.2) is 4.98 Å². The van der Waals surface area contributed by atoms with Crippen LogP contribution < -0.4 is 10.9 Å². The fourth-order valence-electron chi connectivity index (χ4n) is 3.31. The highest BCUT2D eigenvalue weighted by molar-refractivity contribution is 7.13. The summed E-state index contributed by atoms with van der Waals surface area (Å²) in [6.45, 7) is 5.77. The Morgan fingerprint density at radius 2 is 1.93 bits per heavy atom. The lowest BCUT2D eigenvalue weighted by Crippen LogP contribution is -2.30. The topological polar surface area (TPSA) is 89.8 Å². The maximum Gasteiger partial charge on any atom is 0.273 e. The monoisotopic (exact) mass is 419 g/mol. The van der Waals surface area contributed by atoms with Crippen molar-refractivity contribution in [3.05, 3.63) is 70.0 Å². The summed E-state index contributed by atoms with van der Waals surface area (Å²) < 4.78 is 6.33. The van der Waals surface area contributed by atoms with Gasteiger partial charge < -0.3 is 5.32 Å². The summed E-state index contributed by atoms with van der Waals surface area (Å²) in [6.07, 6.45) is 3.88. The molecule has 0 spiro atoms. The maximum atomic E-state index is 13.2. The van der Waals surface area contributed by atoms with Gasteiger partial charge in [0.1, 0.15) is 28.3 Å². The van der Waals surface area contributed by atoms with E-state index >= 15 is 0 Å². The summed E-state index contributed by atoms with van der Waals surface area (Å²) >= 11 is 1.11. The van der Waals surface area contributed by atoms with Crippen LogP contribution in [0.5, 0.6) is 0 Å². The number of anilines is 1. The van der Waals surface area contributed by atoms with Gasteiger partial charge in [-0.15, -0.1) is 0 Å². The van der Waals surface area contributed by atoms with Gasteiger partial charge in [0.25, 0.3) is 5.56 Å². The van der Waals surface area contributed by atoms with Crippen molar-refractivity contribution in [2.24, 2.45) is 0 Å². The van der Waals surface area contributed by atoms with Crippen molar-refractivity contribution in [3.8, 4) is 11.3 Å². The average Bonchev–Trinajstić information content (AvgIpc) is 3.18. The van der Waals surface area contributed by atoms with Crippen molar-refractivity contribution in [2.45, 2.75) is 33.7 Å². The molecule has 0 aliphatic rings. The number of aryl methyl sites for hydroxylation is 2. The lowest BCUT2D eigenvalue weighted by atomic mass is 10.1. The van der Waals surface area contributed by atoms with E-state index < -0.39 is 0 Å². The second-order valence-corrected chi connectivity index (χ2v) is 7.79. The Hall–Kier alpha value is -3.39. The summed E-state index contributed by atoms with van der Waals surface area (Å²) in [6, 6.07) is 9.42. The SMILES string of the molecule is CCc1nc2c(-c3ccncc3)nsc2c(=O)n1CC(=O)Nc1cccc(C)c1C. The molecule has 1 amide bonds. The molecule has 7 nitrogen and oxygen atoms in total. The van der Waals surface area contributed by atoms with Gasteiger partial charge >= 0.3 is 0 Å². The number of aromatic nitrogens is 4. The Morgan fingerprint density at radius 3 is 2.67 bits per heavy atom. The van der Waals surface area contributed by atoms with Crippen LogP contribution in [0.15, 0.2) is 47.5 Å². The van der Waals surface area contributed by atoms with E-state index in [0.29, 0.717) is 28.2 Å². The van der Waals surface area contributed by atoms with Crippen molar-refractivity contribution in [2.75, 3.05) is 5.32 Å². The predicted octanol–water partition coefficient (Wildman–Crippen LogP) is 3.73. The predicted molar refractivity (Wildman–Crippen MR) is 119 cm³/mol. The molecule has 0 atom stereocenters. The van der Waals surface area contributed by atoms with Crippen LogP contribution in [0, 0.1) is 13.8 Å². The van der Waals surface area contributed by atoms with E-state index in [2.05, 4.69) is 14.7 Å². The number of rotatable bonds is 5. The normalized spacial score (nSPS) is 11.0. The molecule has 1 N–H and O–H groups in total. The van der Waals surface area contributed by atoms with Gasteiger partial charge in [-0.2, -0.15) is 4.37 Å². The molecular formula is C22H21N5O2S. The van der Waals surface area contributed by atoms with Crippen LogP contribution in [0.1, 0.15) is 23.9 Å². The van der Waals surface area contributed by atoms with Crippen molar-refractivity contribution in [3.63, 3.8) is 0 Å². The number of hydrogen-bond acceptors (Lipinski definition) is 6. The molecule has 0 aliphatic carbocycles. The highest BCUT2D eigenvalue weighted by Gasteiger charge is 2.19. The van der Waals surface area contributed by atoms with Gasteiger partial charge in [0, 0.05) is 30.1 Å². The van der Waals surface area contributed by atoms with Crippen LogP contribution in [-0.4, -0.2) is 24.8 Å². The average molecular weight is 420 g/mol. The third-order valence-corrected chi connectivity index (χ3v) is 5.93. The zero-order valence-electron chi connectivity index (χ0n) is 17.0. The first kappa shape index (κ1) is 19.9. The minimum Gasteiger partial charge on any atom is -0.324 e. The van der Waals surface area contributed by atoms with E-state index in [1.165, 1.54) is 4.57 Å². The second kappa shape index (κ2) is 8.16. The van der Waals surface area contributed by atoms with Crippen LogP contribution >= 0.6 is 11.5 Å². The molecule has 0 fully saturated rings. The third kappa shape index (κ3) is 3.61. The van der Waals surface area contributed by atoms with Crippen molar-refractivity contribution in [1.82, 2.24) is 18.9 Å². The van der Waals surface area contributed by atoms with Crippen LogP contribution in [0.2, 0.25) is 0 Å². The minimum absolute atomic E-state index is 0.0964. The highest BCUT2D eigenvalue weighted by atomic mass is 32.1. The van der Waals surface area contributed by atoms with Gasteiger partial charge in [-0.3, -0.25) is 19.1 Å².